The van der Waals surface area contributed by atoms with Crippen molar-refractivity contribution in [1.82, 2.24) is 5.32 Å². The van der Waals surface area contributed by atoms with Gasteiger partial charge in [-0.05, 0) is 12.1 Å². The average Bonchev–Trinajstić information content (AvgIpc) is 2.18. The molecule has 1 rings (SSSR count). The highest BCUT2D eigenvalue weighted by atomic mass is 35.5. The third-order valence-electron chi connectivity index (χ3n) is 1.61. The number of nitrogens with one attached hydrogen (secondary N) is 2. The van der Waals surface area contributed by atoms with Crippen LogP contribution in [0.4, 0.5) is 5.69 Å². The molecular formula is C9H11ClN2O. The topological polar surface area (TPSA) is 41.1 Å². The number of amides is 1. The first kappa shape index (κ1) is 6.27. The van der Waals surface area contributed by atoms with Crippen molar-refractivity contribution in [2.45, 2.75) is 0 Å². The van der Waals surface area contributed by atoms with Gasteiger partial charge in [-0.25, -0.2) is 0 Å². The van der Waals surface area contributed by atoms with Gasteiger partial charge in [-0.3, -0.25) is 4.79 Å². The van der Waals surface area contributed by atoms with E-state index in [9.17, 15) is 4.79 Å². The summed E-state index contributed by atoms with van der Waals surface area (Å²) < 4.78 is 21.3. The predicted molar refractivity (Wildman–Crippen MR) is 54.4 cm³/mol. The van der Waals surface area contributed by atoms with Gasteiger partial charge in [0.15, 0.2) is 0 Å². The fraction of sp³-hybridized carbons (Fsp3) is 0.222. The molecular weight excluding hydrogens is 188 g/mol. The van der Waals surface area contributed by atoms with Gasteiger partial charge >= 0.3 is 0 Å². The van der Waals surface area contributed by atoms with E-state index >= 15 is 0 Å². The standard InChI is InChI=1S/C9H11ClN2O/c1-11-8-6(9(13)12-2)4-3-5-7(8)10/h3-5,11H,1-2H3,(H,12,13)/i1D3. The van der Waals surface area contributed by atoms with E-state index in [1.807, 2.05) is 0 Å². The molecule has 0 saturated heterocycles. The molecule has 2 N–H and O–H groups in total. The summed E-state index contributed by atoms with van der Waals surface area (Å²) in [5.74, 6) is -0.394. The molecule has 1 amide bonds. The van der Waals surface area contributed by atoms with Gasteiger partial charge in [0.1, 0.15) is 0 Å². The lowest BCUT2D eigenvalue weighted by Crippen LogP contribution is -2.19. The van der Waals surface area contributed by atoms with Gasteiger partial charge in [0, 0.05) is 18.1 Å². The lowest BCUT2D eigenvalue weighted by molar-refractivity contribution is 0.0964. The molecule has 0 fully saturated rings. The van der Waals surface area contributed by atoms with Crippen molar-refractivity contribution < 1.29 is 8.91 Å². The first-order chi connectivity index (χ1) is 7.35. The average molecular weight is 202 g/mol. The first-order valence-electron chi connectivity index (χ1n) is 5.14. The molecule has 1 aromatic rings. The Kier molecular flexibility index (Phi) is 2.00. The Labute approximate surface area is 86.3 Å². The largest absolute Gasteiger partial charge is 0.386 e. The number of para-hydroxylation sites is 1. The highest BCUT2D eigenvalue weighted by Gasteiger charge is 2.10. The van der Waals surface area contributed by atoms with Crippen LogP contribution >= 0.6 is 11.6 Å². The number of benzene rings is 1. The van der Waals surface area contributed by atoms with Crippen molar-refractivity contribution in [2.75, 3.05) is 19.3 Å². The molecule has 0 saturated carbocycles. The third kappa shape index (κ3) is 1.92. The minimum atomic E-state index is -2.40. The van der Waals surface area contributed by atoms with Gasteiger partial charge in [0.05, 0.1) is 16.3 Å². The van der Waals surface area contributed by atoms with Gasteiger partial charge < -0.3 is 10.6 Å². The summed E-state index contributed by atoms with van der Waals surface area (Å²) >= 11 is 5.84. The van der Waals surface area contributed by atoms with Crippen LogP contribution < -0.4 is 10.6 Å². The van der Waals surface area contributed by atoms with Crippen molar-refractivity contribution in [2.24, 2.45) is 0 Å². The highest BCUT2D eigenvalue weighted by Crippen LogP contribution is 2.24. The van der Waals surface area contributed by atoms with Crippen molar-refractivity contribution in [3.8, 4) is 0 Å². The van der Waals surface area contributed by atoms with Gasteiger partial charge in [-0.2, -0.15) is 0 Å². The van der Waals surface area contributed by atoms with E-state index in [1.165, 1.54) is 19.2 Å². The fourth-order valence-corrected chi connectivity index (χ4v) is 1.20. The molecule has 0 atom stereocenters. The maximum absolute atomic E-state index is 11.5. The Bertz CT molecular complexity index is 406. The monoisotopic (exact) mass is 201 g/mol. The number of hydrogen-bond acceptors (Lipinski definition) is 2. The lowest BCUT2D eigenvalue weighted by Gasteiger charge is -2.08. The third-order valence-corrected chi connectivity index (χ3v) is 1.93. The summed E-state index contributed by atoms with van der Waals surface area (Å²) in [5.41, 5.74) is 0.314. The van der Waals surface area contributed by atoms with E-state index < -0.39 is 12.9 Å². The highest BCUT2D eigenvalue weighted by molar-refractivity contribution is 6.34. The second-order valence-electron chi connectivity index (χ2n) is 2.37. The molecule has 0 heterocycles. The molecule has 13 heavy (non-hydrogen) atoms. The van der Waals surface area contributed by atoms with E-state index in [0.717, 1.165) is 0 Å². The molecule has 0 aliphatic rings. The molecule has 4 heteroatoms. The lowest BCUT2D eigenvalue weighted by atomic mass is 10.1. The smallest absolute Gasteiger partial charge is 0.253 e. The molecule has 0 unspecified atom stereocenters. The van der Waals surface area contributed by atoms with Crippen LogP contribution in [0, 0.1) is 0 Å². The number of carbonyl (C=O) groups excluding carboxylic acids is 1. The van der Waals surface area contributed by atoms with E-state index in [1.54, 1.807) is 6.07 Å². The van der Waals surface area contributed by atoms with Crippen LogP contribution in [0.5, 0.6) is 0 Å². The van der Waals surface area contributed by atoms with Crippen LogP contribution in [-0.2, 0) is 0 Å². The molecule has 1 aromatic carbocycles. The minimum Gasteiger partial charge on any atom is -0.386 e. The summed E-state index contributed by atoms with van der Waals surface area (Å²) in [4.78, 5) is 11.5. The summed E-state index contributed by atoms with van der Waals surface area (Å²) in [6, 6.07) is 4.60. The zero-order valence-electron chi connectivity index (χ0n) is 10.0. The Morgan fingerprint density at radius 2 is 2.38 bits per heavy atom. The van der Waals surface area contributed by atoms with Crippen LogP contribution in [0.15, 0.2) is 18.2 Å². The van der Waals surface area contributed by atoms with Crippen molar-refractivity contribution in [3.05, 3.63) is 28.8 Å². The summed E-state index contributed by atoms with van der Waals surface area (Å²) in [6.07, 6.45) is 0. The van der Waals surface area contributed by atoms with Crippen LogP contribution in [-0.4, -0.2) is 19.9 Å². The van der Waals surface area contributed by atoms with E-state index in [2.05, 4.69) is 10.6 Å². The molecule has 0 aromatic heterocycles. The SMILES string of the molecule is [2H]C([2H])([2H])Nc1c(Cl)cccc1C(=O)NC. The Morgan fingerprint density at radius 3 is 3.00 bits per heavy atom. The number of hydrogen-bond donors (Lipinski definition) is 2. The summed E-state index contributed by atoms with van der Waals surface area (Å²) in [7, 11) is 1.46. The van der Waals surface area contributed by atoms with Gasteiger partial charge in [-0.1, -0.05) is 17.7 Å². The Morgan fingerprint density at radius 1 is 1.62 bits per heavy atom. The number of anilines is 1. The second-order valence-corrected chi connectivity index (χ2v) is 2.77. The molecule has 70 valence electrons. The van der Waals surface area contributed by atoms with Crippen molar-refractivity contribution in [1.29, 1.82) is 0 Å². The van der Waals surface area contributed by atoms with Gasteiger partial charge in [0.2, 0.25) is 0 Å². The molecule has 0 aliphatic carbocycles. The second kappa shape index (κ2) is 4.14. The van der Waals surface area contributed by atoms with Crippen LogP contribution in [0.2, 0.25) is 5.02 Å². The normalized spacial score (nSPS) is 13.8. The van der Waals surface area contributed by atoms with E-state index in [4.69, 9.17) is 15.7 Å². The minimum absolute atomic E-state index is 0.114. The zero-order valence-corrected chi connectivity index (χ0v) is 7.77. The van der Waals surface area contributed by atoms with Gasteiger partial charge in [-0.15, -0.1) is 0 Å². The van der Waals surface area contributed by atoms with Crippen molar-refractivity contribution in [3.63, 3.8) is 0 Å². The number of carbonyl (C=O) groups is 1. The Balaban J connectivity index is 3.19. The fourth-order valence-electron chi connectivity index (χ4n) is 0.975. The van der Waals surface area contributed by atoms with E-state index in [0.29, 0.717) is 0 Å². The van der Waals surface area contributed by atoms with Gasteiger partial charge in [0.25, 0.3) is 5.91 Å². The maximum Gasteiger partial charge on any atom is 0.253 e. The summed E-state index contributed by atoms with van der Waals surface area (Å²) in [5, 5.41) is 4.85. The number of halogens is 1. The van der Waals surface area contributed by atoms with Crippen molar-refractivity contribution >= 4 is 23.2 Å². The predicted octanol–water partition coefficient (Wildman–Crippen LogP) is 1.74. The molecule has 0 radical (unpaired) electrons. The van der Waals surface area contributed by atoms with Crippen LogP contribution in [0.3, 0.4) is 0 Å². The Hall–Kier alpha value is -1.22. The van der Waals surface area contributed by atoms with Crippen LogP contribution in [0.1, 0.15) is 14.5 Å². The number of rotatable bonds is 2. The molecule has 3 nitrogen and oxygen atoms in total. The quantitative estimate of drug-likeness (QED) is 0.766. The molecule has 0 spiro atoms. The first-order valence-corrected chi connectivity index (χ1v) is 4.02. The zero-order chi connectivity index (χ0) is 12.3. The maximum atomic E-state index is 11.5. The molecule has 0 bridgehead atoms. The van der Waals surface area contributed by atoms with Crippen LogP contribution in [0.25, 0.3) is 0 Å². The summed E-state index contributed by atoms with van der Waals surface area (Å²) in [6.45, 7) is -2.40. The molecule has 0 aliphatic heterocycles. The van der Waals surface area contributed by atoms with E-state index in [-0.39, 0.29) is 16.3 Å².